The highest BCUT2D eigenvalue weighted by molar-refractivity contribution is 6.06. The molecular weight excluding hydrogens is 391 g/mol. The maximum atomic E-state index is 12.8. The second-order valence-electron chi connectivity index (χ2n) is 7.09. The van der Waals surface area contributed by atoms with E-state index >= 15 is 0 Å². The number of hydrogen-bond donors (Lipinski definition) is 1. The molecule has 0 radical (unpaired) electrons. The molecule has 2 aromatic carbocycles. The minimum absolute atomic E-state index is 0.126. The number of hydrogen-bond acceptors (Lipinski definition) is 2. The minimum atomic E-state index is -4.45. The number of aromatic nitrogens is 2. The Kier molecular flexibility index (Phi) is 4.81. The predicted molar refractivity (Wildman–Crippen MR) is 109 cm³/mol. The van der Waals surface area contributed by atoms with Gasteiger partial charge in [0.1, 0.15) is 17.2 Å². The zero-order chi connectivity index (χ0) is 21.5. The summed E-state index contributed by atoms with van der Waals surface area (Å²) in [6.07, 6.45) is -2.60. The molecule has 4 aromatic rings. The molecule has 1 N–H and O–H groups in total. The number of benzene rings is 2. The van der Waals surface area contributed by atoms with Gasteiger partial charge in [0, 0.05) is 17.3 Å². The first-order valence-electron chi connectivity index (χ1n) is 9.27. The number of fused-ring (bicyclic) bond motifs is 1. The molecule has 4 rings (SSSR count). The van der Waals surface area contributed by atoms with Crippen LogP contribution in [0.4, 0.5) is 19.0 Å². The third-order valence-corrected chi connectivity index (χ3v) is 4.87. The quantitative estimate of drug-likeness (QED) is 0.459. The Balaban J connectivity index is 1.78. The Bertz CT molecular complexity index is 1240. The van der Waals surface area contributed by atoms with E-state index in [1.165, 1.54) is 12.1 Å². The van der Waals surface area contributed by atoms with E-state index in [1.54, 1.807) is 4.40 Å². The molecule has 7 heteroatoms. The van der Waals surface area contributed by atoms with E-state index in [0.717, 1.165) is 28.8 Å². The Labute approximate surface area is 171 Å². The molecule has 0 fully saturated rings. The summed E-state index contributed by atoms with van der Waals surface area (Å²) >= 11 is 0. The highest BCUT2D eigenvalue weighted by Gasteiger charge is 2.30. The van der Waals surface area contributed by atoms with E-state index in [2.05, 4.69) is 10.3 Å². The zero-order valence-corrected chi connectivity index (χ0v) is 16.3. The van der Waals surface area contributed by atoms with Crippen LogP contribution in [0.25, 0.3) is 16.9 Å². The Morgan fingerprint density at radius 2 is 1.67 bits per heavy atom. The summed E-state index contributed by atoms with van der Waals surface area (Å²) in [6.45, 7) is 3.88. The summed E-state index contributed by atoms with van der Waals surface area (Å²) in [6, 6.07) is 15.6. The summed E-state index contributed by atoms with van der Waals surface area (Å²) in [5, 5.41) is 2.84. The molecule has 2 aromatic heterocycles. The lowest BCUT2D eigenvalue weighted by molar-refractivity contribution is -0.137. The van der Waals surface area contributed by atoms with Gasteiger partial charge in [-0.2, -0.15) is 13.2 Å². The van der Waals surface area contributed by atoms with Gasteiger partial charge < -0.3 is 5.32 Å². The van der Waals surface area contributed by atoms with Crippen molar-refractivity contribution in [3.8, 4) is 11.3 Å². The van der Waals surface area contributed by atoms with Crippen LogP contribution in [-0.4, -0.2) is 15.3 Å². The molecule has 0 atom stereocenters. The molecule has 0 unspecified atom stereocenters. The first-order valence-corrected chi connectivity index (χ1v) is 9.27. The fraction of sp³-hybridized carbons (Fsp3) is 0.130. The van der Waals surface area contributed by atoms with E-state index < -0.39 is 17.6 Å². The first kappa shape index (κ1) is 19.7. The standard InChI is InChI=1S/C23H18F3N3O/c1-14-7-12-19-27-20(18-6-4-3-5-15(18)2)21(29(19)13-14)28-22(30)16-8-10-17(11-9-16)23(24,25)26/h3-13H,1-2H3,(H,28,30). The Morgan fingerprint density at radius 3 is 2.33 bits per heavy atom. The number of alkyl halides is 3. The highest BCUT2D eigenvalue weighted by Crippen LogP contribution is 2.32. The lowest BCUT2D eigenvalue weighted by atomic mass is 10.1. The molecule has 0 spiro atoms. The number of nitrogens with zero attached hydrogens (tertiary/aromatic N) is 2. The van der Waals surface area contributed by atoms with Gasteiger partial charge >= 0.3 is 6.18 Å². The van der Waals surface area contributed by atoms with Crippen molar-refractivity contribution in [2.75, 3.05) is 5.32 Å². The molecule has 4 nitrogen and oxygen atoms in total. The van der Waals surface area contributed by atoms with Crippen LogP contribution in [0.1, 0.15) is 27.0 Å². The van der Waals surface area contributed by atoms with Gasteiger partial charge in [0.2, 0.25) is 0 Å². The summed E-state index contributed by atoms with van der Waals surface area (Å²) in [5.74, 6) is -0.0465. The first-order chi connectivity index (χ1) is 14.2. The van der Waals surface area contributed by atoms with Crippen LogP contribution in [-0.2, 0) is 6.18 Å². The van der Waals surface area contributed by atoms with Crippen LogP contribution in [0, 0.1) is 13.8 Å². The molecule has 30 heavy (non-hydrogen) atoms. The molecule has 0 aliphatic carbocycles. The Hall–Kier alpha value is -3.61. The number of aryl methyl sites for hydroxylation is 2. The maximum absolute atomic E-state index is 12.8. The van der Waals surface area contributed by atoms with Crippen molar-refractivity contribution in [1.29, 1.82) is 0 Å². The average Bonchev–Trinajstić information content (AvgIpc) is 3.05. The van der Waals surface area contributed by atoms with E-state index in [9.17, 15) is 18.0 Å². The number of anilines is 1. The third-order valence-electron chi connectivity index (χ3n) is 4.87. The fourth-order valence-electron chi connectivity index (χ4n) is 3.29. The van der Waals surface area contributed by atoms with Crippen LogP contribution < -0.4 is 5.32 Å². The van der Waals surface area contributed by atoms with E-state index in [0.29, 0.717) is 17.2 Å². The largest absolute Gasteiger partial charge is 0.416 e. The van der Waals surface area contributed by atoms with Gasteiger partial charge in [-0.1, -0.05) is 30.3 Å². The van der Waals surface area contributed by atoms with Crippen molar-refractivity contribution in [2.45, 2.75) is 20.0 Å². The molecule has 1 amide bonds. The normalized spacial score (nSPS) is 11.6. The van der Waals surface area contributed by atoms with E-state index in [-0.39, 0.29) is 5.56 Å². The van der Waals surface area contributed by atoms with Gasteiger partial charge in [0.15, 0.2) is 0 Å². The van der Waals surface area contributed by atoms with Crippen molar-refractivity contribution in [2.24, 2.45) is 0 Å². The number of carbonyl (C=O) groups excluding carboxylic acids is 1. The van der Waals surface area contributed by atoms with E-state index in [1.807, 2.05) is 56.4 Å². The van der Waals surface area contributed by atoms with Crippen molar-refractivity contribution in [3.63, 3.8) is 0 Å². The Morgan fingerprint density at radius 1 is 0.967 bits per heavy atom. The third kappa shape index (κ3) is 3.66. The predicted octanol–water partition coefficient (Wildman–Crippen LogP) is 5.89. The summed E-state index contributed by atoms with van der Waals surface area (Å²) in [5.41, 5.74) is 3.40. The maximum Gasteiger partial charge on any atom is 0.416 e. The smallest absolute Gasteiger partial charge is 0.306 e. The van der Waals surface area contributed by atoms with Crippen LogP contribution in [0.3, 0.4) is 0 Å². The molecule has 2 heterocycles. The molecule has 0 bridgehead atoms. The number of imidazole rings is 1. The monoisotopic (exact) mass is 409 g/mol. The summed E-state index contributed by atoms with van der Waals surface area (Å²) in [7, 11) is 0. The highest BCUT2D eigenvalue weighted by atomic mass is 19.4. The van der Waals surface area contributed by atoms with Crippen LogP contribution in [0.5, 0.6) is 0 Å². The number of nitrogens with one attached hydrogen (secondary N) is 1. The van der Waals surface area contributed by atoms with Gasteiger partial charge in [0.05, 0.1) is 5.56 Å². The number of rotatable bonds is 3. The molecular formula is C23H18F3N3O. The molecule has 152 valence electrons. The second-order valence-corrected chi connectivity index (χ2v) is 7.09. The molecule has 0 aliphatic heterocycles. The zero-order valence-electron chi connectivity index (χ0n) is 16.3. The van der Waals surface area contributed by atoms with Gasteiger partial charge in [-0.3, -0.25) is 9.20 Å². The fourth-order valence-corrected chi connectivity index (χ4v) is 3.29. The van der Waals surface area contributed by atoms with Crippen molar-refractivity contribution < 1.29 is 18.0 Å². The second kappa shape index (κ2) is 7.33. The average molecular weight is 409 g/mol. The van der Waals surface area contributed by atoms with Gasteiger partial charge in [-0.25, -0.2) is 4.98 Å². The molecule has 0 aliphatic rings. The van der Waals surface area contributed by atoms with E-state index in [4.69, 9.17) is 0 Å². The lowest BCUT2D eigenvalue weighted by Gasteiger charge is -2.11. The molecule has 0 saturated carbocycles. The van der Waals surface area contributed by atoms with Crippen molar-refractivity contribution in [3.05, 3.63) is 89.1 Å². The minimum Gasteiger partial charge on any atom is -0.306 e. The number of amides is 1. The van der Waals surface area contributed by atoms with Crippen LogP contribution in [0.15, 0.2) is 66.9 Å². The van der Waals surface area contributed by atoms with Crippen molar-refractivity contribution >= 4 is 17.4 Å². The number of halogens is 3. The van der Waals surface area contributed by atoms with Crippen molar-refractivity contribution in [1.82, 2.24) is 9.38 Å². The van der Waals surface area contributed by atoms with Crippen LogP contribution in [0.2, 0.25) is 0 Å². The number of carbonyl (C=O) groups is 1. The van der Waals surface area contributed by atoms with Gasteiger partial charge in [0.25, 0.3) is 5.91 Å². The van der Waals surface area contributed by atoms with Gasteiger partial charge in [-0.05, 0) is 55.3 Å². The lowest BCUT2D eigenvalue weighted by Crippen LogP contribution is -2.15. The SMILES string of the molecule is Cc1ccc2nc(-c3ccccc3C)c(NC(=O)c3ccc(C(F)(F)F)cc3)n2c1. The summed E-state index contributed by atoms with van der Waals surface area (Å²) < 4.78 is 40.2. The number of pyridine rings is 1. The van der Waals surface area contributed by atoms with Gasteiger partial charge in [-0.15, -0.1) is 0 Å². The topological polar surface area (TPSA) is 46.4 Å². The summed E-state index contributed by atoms with van der Waals surface area (Å²) in [4.78, 5) is 17.5. The molecule has 0 saturated heterocycles. The van der Waals surface area contributed by atoms with Crippen LogP contribution >= 0.6 is 0 Å².